The first-order chi connectivity index (χ1) is 8.25. The Morgan fingerprint density at radius 2 is 2.47 bits per heavy atom. The van der Waals surface area contributed by atoms with Gasteiger partial charge in [0.1, 0.15) is 0 Å². The van der Waals surface area contributed by atoms with Crippen LogP contribution in [-0.2, 0) is 6.42 Å². The fraction of sp³-hybridized carbons (Fsp3) is 0.667. The van der Waals surface area contributed by atoms with Gasteiger partial charge in [0.05, 0.1) is 11.2 Å². The SMILES string of the molecule is Cc1ncsc1CCNC(N)=NCC1CCC1. The van der Waals surface area contributed by atoms with Gasteiger partial charge >= 0.3 is 0 Å². The molecule has 0 atom stereocenters. The van der Waals surface area contributed by atoms with E-state index in [-0.39, 0.29) is 0 Å². The van der Waals surface area contributed by atoms with Crippen LogP contribution in [-0.4, -0.2) is 24.0 Å². The summed E-state index contributed by atoms with van der Waals surface area (Å²) in [4.78, 5) is 9.90. The van der Waals surface area contributed by atoms with Gasteiger partial charge in [-0.1, -0.05) is 6.42 Å². The van der Waals surface area contributed by atoms with E-state index in [4.69, 9.17) is 5.73 Å². The molecule has 1 aliphatic carbocycles. The zero-order chi connectivity index (χ0) is 12.1. The first-order valence-corrected chi connectivity index (χ1v) is 7.06. The van der Waals surface area contributed by atoms with Crippen molar-refractivity contribution in [3.8, 4) is 0 Å². The summed E-state index contributed by atoms with van der Waals surface area (Å²) in [5.41, 5.74) is 8.82. The molecule has 1 fully saturated rings. The van der Waals surface area contributed by atoms with Crippen molar-refractivity contribution in [2.75, 3.05) is 13.1 Å². The second-order valence-corrected chi connectivity index (χ2v) is 5.50. The van der Waals surface area contributed by atoms with Crippen molar-refractivity contribution in [1.29, 1.82) is 0 Å². The van der Waals surface area contributed by atoms with Crippen LogP contribution < -0.4 is 11.1 Å². The maximum absolute atomic E-state index is 5.80. The van der Waals surface area contributed by atoms with Crippen molar-refractivity contribution in [3.63, 3.8) is 0 Å². The van der Waals surface area contributed by atoms with Gasteiger partial charge in [-0.3, -0.25) is 4.99 Å². The molecule has 3 N–H and O–H groups in total. The predicted octanol–water partition coefficient (Wildman–Crippen LogP) is 1.70. The van der Waals surface area contributed by atoms with Crippen LogP contribution in [0.4, 0.5) is 0 Å². The quantitative estimate of drug-likeness (QED) is 0.619. The van der Waals surface area contributed by atoms with Crippen molar-refractivity contribution < 1.29 is 0 Å². The lowest BCUT2D eigenvalue weighted by molar-refractivity contribution is 0.326. The summed E-state index contributed by atoms with van der Waals surface area (Å²) in [6, 6.07) is 0. The first-order valence-electron chi connectivity index (χ1n) is 6.18. The van der Waals surface area contributed by atoms with Gasteiger partial charge in [-0.05, 0) is 25.7 Å². The first kappa shape index (κ1) is 12.4. The molecule has 1 aromatic heterocycles. The number of nitrogens with zero attached hydrogens (tertiary/aromatic N) is 2. The van der Waals surface area contributed by atoms with Crippen molar-refractivity contribution >= 4 is 17.3 Å². The molecule has 94 valence electrons. The zero-order valence-electron chi connectivity index (χ0n) is 10.3. The minimum atomic E-state index is 0.582. The lowest BCUT2D eigenvalue weighted by Gasteiger charge is -2.23. The highest BCUT2D eigenvalue weighted by atomic mass is 32.1. The number of hydrogen-bond donors (Lipinski definition) is 2. The van der Waals surface area contributed by atoms with Gasteiger partial charge in [0.2, 0.25) is 0 Å². The number of nitrogens with one attached hydrogen (secondary N) is 1. The van der Waals surface area contributed by atoms with Gasteiger partial charge in [-0.25, -0.2) is 4.98 Å². The number of hydrogen-bond acceptors (Lipinski definition) is 3. The second kappa shape index (κ2) is 6.00. The molecule has 1 aromatic rings. The molecule has 17 heavy (non-hydrogen) atoms. The Labute approximate surface area is 106 Å². The number of thiazole rings is 1. The summed E-state index contributed by atoms with van der Waals surface area (Å²) in [6.07, 6.45) is 4.96. The van der Waals surface area contributed by atoms with Crippen LogP contribution in [0.3, 0.4) is 0 Å². The Balaban J connectivity index is 1.65. The fourth-order valence-electron chi connectivity index (χ4n) is 1.83. The van der Waals surface area contributed by atoms with E-state index in [0.717, 1.165) is 31.1 Å². The van der Waals surface area contributed by atoms with Gasteiger partial charge in [0.15, 0.2) is 5.96 Å². The van der Waals surface area contributed by atoms with Crippen molar-refractivity contribution in [1.82, 2.24) is 10.3 Å². The third-order valence-corrected chi connectivity index (χ3v) is 4.24. The molecule has 0 spiro atoms. The Kier molecular flexibility index (Phi) is 4.36. The van der Waals surface area contributed by atoms with Gasteiger partial charge in [-0.15, -0.1) is 11.3 Å². The van der Waals surface area contributed by atoms with Gasteiger partial charge in [-0.2, -0.15) is 0 Å². The number of aromatic nitrogens is 1. The highest BCUT2D eigenvalue weighted by Gasteiger charge is 2.16. The summed E-state index contributed by atoms with van der Waals surface area (Å²) in [7, 11) is 0. The number of aliphatic imine (C=N–C) groups is 1. The van der Waals surface area contributed by atoms with E-state index in [1.807, 2.05) is 12.4 Å². The molecule has 5 heteroatoms. The Morgan fingerprint density at radius 1 is 1.65 bits per heavy atom. The van der Waals surface area contributed by atoms with Crippen LogP contribution in [0, 0.1) is 12.8 Å². The normalized spacial score (nSPS) is 16.9. The summed E-state index contributed by atoms with van der Waals surface area (Å²) >= 11 is 1.70. The van der Waals surface area contributed by atoms with Crippen molar-refractivity contribution in [3.05, 3.63) is 16.1 Å². The lowest BCUT2D eigenvalue weighted by atomic mass is 9.86. The fourth-order valence-corrected chi connectivity index (χ4v) is 2.61. The third kappa shape index (κ3) is 3.70. The molecule has 0 unspecified atom stereocenters. The average Bonchev–Trinajstić information content (AvgIpc) is 2.62. The highest BCUT2D eigenvalue weighted by Crippen LogP contribution is 2.26. The standard InChI is InChI=1S/C12H20N4S/c1-9-11(17-8-16-9)5-6-14-12(13)15-7-10-3-2-4-10/h8,10H,2-7H2,1H3,(H3,13,14,15). The number of guanidine groups is 1. The van der Waals surface area contributed by atoms with E-state index < -0.39 is 0 Å². The minimum absolute atomic E-state index is 0.582. The van der Waals surface area contributed by atoms with E-state index in [1.54, 1.807) is 11.3 Å². The summed E-state index contributed by atoms with van der Waals surface area (Å²) < 4.78 is 0. The molecule has 1 heterocycles. The molecule has 0 aromatic carbocycles. The minimum Gasteiger partial charge on any atom is -0.370 e. The maximum Gasteiger partial charge on any atom is 0.188 e. The summed E-state index contributed by atoms with van der Waals surface area (Å²) in [5, 5.41) is 3.16. The molecule has 1 saturated carbocycles. The molecule has 1 aliphatic rings. The van der Waals surface area contributed by atoms with E-state index in [0.29, 0.717) is 5.96 Å². The molecule has 0 saturated heterocycles. The lowest BCUT2D eigenvalue weighted by Crippen LogP contribution is -2.34. The Hall–Kier alpha value is -1.10. The average molecular weight is 252 g/mol. The molecular formula is C12H20N4S. The number of nitrogens with two attached hydrogens (primary N) is 1. The van der Waals surface area contributed by atoms with Crippen LogP contribution >= 0.6 is 11.3 Å². The topological polar surface area (TPSA) is 63.3 Å². The Bertz CT molecular complexity index is 382. The van der Waals surface area contributed by atoms with Crippen LogP contribution in [0.2, 0.25) is 0 Å². The molecule has 2 rings (SSSR count). The Morgan fingerprint density at radius 3 is 3.06 bits per heavy atom. The summed E-state index contributed by atoms with van der Waals surface area (Å²) in [5.74, 6) is 1.36. The second-order valence-electron chi connectivity index (χ2n) is 4.56. The van der Waals surface area contributed by atoms with Crippen LogP contribution in [0.5, 0.6) is 0 Å². The van der Waals surface area contributed by atoms with Crippen LogP contribution in [0.25, 0.3) is 0 Å². The molecule has 0 radical (unpaired) electrons. The smallest absolute Gasteiger partial charge is 0.188 e. The monoisotopic (exact) mass is 252 g/mol. The van der Waals surface area contributed by atoms with Gasteiger partial charge in [0.25, 0.3) is 0 Å². The van der Waals surface area contributed by atoms with E-state index in [2.05, 4.69) is 15.3 Å². The molecule has 4 nitrogen and oxygen atoms in total. The number of rotatable bonds is 5. The van der Waals surface area contributed by atoms with Crippen LogP contribution in [0.1, 0.15) is 29.8 Å². The van der Waals surface area contributed by atoms with Gasteiger partial charge in [0, 0.05) is 24.4 Å². The van der Waals surface area contributed by atoms with Crippen LogP contribution in [0.15, 0.2) is 10.5 Å². The molecular weight excluding hydrogens is 232 g/mol. The maximum atomic E-state index is 5.80. The molecule has 0 amide bonds. The van der Waals surface area contributed by atoms with Gasteiger partial charge < -0.3 is 11.1 Å². The molecule has 0 aliphatic heterocycles. The predicted molar refractivity (Wildman–Crippen MR) is 72.4 cm³/mol. The van der Waals surface area contributed by atoms with Crippen molar-refractivity contribution in [2.24, 2.45) is 16.6 Å². The zero-order valence-corrected chi connectivity index (χ0v) is 11.1. The number of aryl methyl sites for hydroxylation is 1. The van der Waals surface area contributed by atoms with E-state index in [1.165, 1.54) is 24.1 Å². The third-order valence-electron chi connectivity index (χ3n) is 3.25. The van der Waals surface area contributed by atoms with E-state index in [9.17, 15) is 0 Å². The summed E-state index contributed by atoms with van der Waals surface area (Å²) in [6.45, 7) is 3.77. The van der Waals surface area contributed by atoms with E-state index >= 15 is 0 Å². The highest BCUT2D eigenvalue weighted by molar-refractivity contribution is 7.09. The molecule has 0 bridgehead atoms. The largest absolute Gasteiger partial charge is 0.370 e. The van der Waals surface area contributed by atoms with Crippen molar-refractivity contribution in [2.45, 2.75) is 32.6 Å².